The van der Waals surface area contributed by atoms with Crippen LogP contribution in [0.3, 0.4) is 0 Å². The van der Waals surface area contributed by atoms with Gasteiger partial charge in [-0.25, -0.2) is 0 Å². The van der Waals surface area contributed by atoms with Gasteiger partial charge in [0.2, 0.25) is 0 Å². The van der Waals surface area contributed by atoms with Gasteiger partial charge in [-0.05, 0) is 0 Å². The molecule has 80 valence electrons. The van der Waals surface area contributed by atoms with E-state index in [-0.39, 0.29) is 57.1 Å². The van der Waals surface area contributed by atoms with Gasteiger partial charge in [0, 0.05) is 20.8 Å². The molecule has 0 atom stereocenters. The molecule has 0 amide bonds. The predicted molar refractivity (Wildman–Crippen MR) is 39.7 cm³/mol. The summed E-state index contributed by atoms with van der Waals surface area (Å²) in [5, 5.41) is 0. The van der Waals surface area contributed by atoms with Gasteiger partial charge in [0.15, 0.2) is 0 Å². The van der Waals surface area contributed by atoms with E-state index in [0.29, 0.717) is 0 Å². The fraction of sp³-hybridized carbons (Fsp3) is 0. The maximum Gasteiger partial charge on any atom is 2.00 e. The Morgan fingerprint density at radius 2 is 0.571 bits per heavy atom. The summed E-state index contributed by atoms with van der Waals surface area (Å²) in [6.07, 6.45) is 0. The van der Waals surface area contributed by atoms with Crippen LogP contribution in [0.5, 0.6) is 0 Å². The summed E-state index contributed by atoms with van der Waals surface area (Å²) in [6, 6.07) is 0. The van der Waals surface area contributed by atoms with Crippen LogP contribution in [0, 0.1) is 0 Å². The van der Waals surface area contributed by atoms with Gasteiger partial charge >= 0.3 is 46.1 Å². The molecule has 0 saturated heterocycles. The van der Waals surface area contributed by atoms with Crippen molar-refractivity contribution >= 4 is 66.9 Å². The third-order valence-electron chi connectivity index (χ3n) is 0. The van der Waals surface area contributed by atoms with Gasteiger partial charge in [-0.15, -0.1) is 0 Å². The van der Waals surface area contributed by atoms with Gasteiger partial charge in [-0.1, -0.05) is 0 Å². The van der Waals surface area contributed by atoms with Crippen molar-refractivity contribution in [3.8, 4) is 0 Å². The molecule has 14 heavy (non-hydrogen) atoms. The molecule has 0 saturated carbocycles. The Bertz CT molecular complexity index is 212. The quantitative estimate of drug-likeness (QED) is 0.235. The van der Waals surface area contributed by atoms with Crippen LogP contribution in [0.1, 0.15) is 0 Å². The second-order valence-electron chi connectivity index (χ2n) is 0.816. The van der Waals surface area contributed by atoms with Crippen molar-refractivity contribution in [2.45, 2.75) is 0 Å². The van der Waals surface area contributed by atoms with Gasteiger partial charge in [0.05, 0.1) is 0 Å². The summed E-state index contributed by atoms with van der Waals surface area (Å²) in [6.45, 7) is 0. The normalized spacial score (nSPS) is 8.29. The van der Waals surface area contributed by atoms with Crippen molar-refractivity contribution in [2.75, 3.05) is 0 Å². The minimum atomic E-state index is -5.17. The molecular weight excluding hydrogens is 273 g/mol. The zero-order valence-corrected chi connectivity index (χ0v) is 11.0. The van der Waals surface area contributed by atoms with E-state index < -0.39 is 20.8 Å². The van der Waals surface area contributed by atoms with Crippen LogP contribution < -0.4 is 0 Å². The second kappa shape index (κ2) is 14.2. The molecule has 0 unspecified atom stereocenters. The Hall–Kier alpha value is 1.19. The molecule has 0 aliphatic carbocycles. The first-order chi connectivity index (χ1) is 4.00. The van der Waals surface area contributed by atoms with E-state index in [4.69, 9.17) is 35.0 Å². The average molecular weight is 277 g/mol. The first-order valence-electron chi connectivity index (χ1n) is 1.33. The molecule has 4 N–H and O–H groups in total. The molecule has 10 nitrogen and oxygen atoms in total. The smallest absolute Gasteiger partial charge is 0.759 e. The van der Waals surface area contributed by atoms with Crippen LogP contribution in [0.15, 0.2) is 0 Å². The van der Waals surface area contributed by atoms with E-state index in [1.54, 1.807) is 0 Å². The van der Waals surface area contributed by atoms with E-state index in [9.17, 15) is 0 Å². The predicted octanol–water partition coefficient (Wildman–Crippen LogP) is -5.09. The van der Waals surface area contributed by atoms with Crippen molar-refractivity contribution in [3.05, 3.63) is 0 Å². The van der Waals surface area contributed by atoms with Gasteiger partial charge in [0.25, 0.3) is 0 Å². The molecule has 0 aromatic carbocycles. The van der Waals surface area contributed by atoms with Crippen molar-refractivity contribution in [1.29, 1.82) is 0 Å². The average Bonchev–Trinajstić information content (AvgIpc) is 1.12. The minimum absolute atomic E-state index is 0. The van der Waals surface area contributed by atoms with Gasteiger partial charge in [0.1, 0.15) is 0 Å². The maximum atomic E-state index is 8.52. The van der Waals surface area contributed by atoms with E-state index in [2.05, 4.69) is 0 Å². The third-order valence-corrected chi connectivity index (χ3v) is 0. The third kappa shape index (κ3) is 1380. The number of hydrogen-bond donors (Lipinski definition) is 0. The Balaban J connectivity index is -0.0000000178. The monoisotopic (exact) mass is 276 g/mol. The van der Waals surface area contributed by atoms with Crippen molar-refractivity contribution in [1.82, 2.24) is 0 Å². The molecule has 0 aliphatic rings. The van der Waals surface area contributed by atoms with Gasteiger partial charge in [-0.3, -0.25) is 16.8 Å². The molecule has 0 rings (SSSR count). The standard InChI is InChI=1S/2Mg.2H2O4S.2H2O/c;;2*1-5(2,3)4;;/h;;2*(H2,1,2,3,4);2*1H2/q2*+2;;;;/p-4. The molecule has 0 fully saturated rings. The largest absolute Gasteiger partial charge is 2.00 e. The van der Waals surface area contributed by atoms with Gasteiger partial charge in [-0.2, -0.15) is 0 Å². The van der Waals surface area contributed by atoms with E-state index >= 15 is 0 Å². The topological polar surface area (TPSA) is 224 Å². The molecular formula is H4Mg2O10S2. The summed E-state index contributed by atoms with van der Waals surface area (Å²) in [7, 11) is -10.3. The van der Waals surface area contributed by atoms with Crippen LogP contribution in [0.25, 0.3) is 0 Å². The summed E-state index contributed by atoms with van der Waals surface area (Å²) >= 11 is 0. The van der Waals surface area contributed by atoms with Gasteiger partial charge < -0.3 is 29.2 Å². The van der Waals surface area contributed by atoms with Crippen molar-refractivity contribution in [2.24, 2.45) is 0 Å². The van der Waals surface area contributed by atoms with Crippen LogP contribution in [-0.2, 0) is 20.8 Å². The first kappa shape index (κ1) is 36.2. The zero-order chi connectivity index (χ0) is 9.00. The molecule has 0 radical (unpaired) electrons. The maximum absolute atomic E-state index is 8.52. The second-order valence-corrected chi connectivity index (χ2v) is 2.45. The minimum Gasteiger partial charge on any atom is -0.759 e. The Kier molecular flexibility index (Phi) is 36.7. The van der Waals surface area contributed by atoms with Crippen LogP contribution >= 0.6 is 0 Å². The zero-order valence-electron chi connectivity index (χ0n) is 6.50. The van der Waals surface area contributed by atoms with E-state index in [1.165, 1.54) is 0 Å². The Morgan fingerprint density at radius 1 is 0.571 bits per heavy atom. The molecule has 0 aliphatic heterocycles. The van der Waals surface area contributed by atoms with Crippen molar-refractivity contribution < 1.29 is 46.0 Å². The fourth-order valence-corrected chi connectivity index (χ4v) is 0. The molecule has 0 aromatic rings. The van der Waals surface area contributed by atoms with Crippen LogP contribution in [0.2, 0.25) is 0 Å². The van der Waals surface area contributed by atoms with Crippen LogP contribution in [-0.4, -0.2) is 92.1 Å². The SMILES string of the molecule is O.O.O=S(=O)([O-])[O-].O=S(=O)([O-])[O-].[Mg+2].[Mg+2]. The van der Waals surface area contributed by atoms with E-state index in [1.807, 2.05) is 0 Å². The summed E-state index contributed by atoms with van der Waals surface area (Å²) in [4.78, 5) is 0. The summed E-state index contributed by atoms with van der Waals surface area (Å²) < 4.78 is 68.2. The Labute approximate surface area is 112 Å². The Morgan fingerprint density at radius 3 is 0.571 bits per heavy atom. The van der Waals surface area contributed by atoms with Crippen LogP contribution in [0.4, 0.5) is 0 Å². The number of rotatable bonds is 0. The summed E-state index contributed by atoms with van der Waals surface area (Å²) in [5.41, 5.74) is 0. The van der Waals surface area contributed by atoms with E-state index in [0.717, 1.165) is 0 Å². The number of hydrogen-bond acceptors (Lipinski definition) is 8. The van der Waals surface area contributed by atoms with Crippen molar-refractivity contribution in [3.63, 3.8) is 0 Å². The summed E-state index contributed by atoms with van der Waals surface area (Å²) in [5.74, 6) is 0. The molecule has 0 aromatic heterocycles. The molecule has 0 bridgehead atoms. The molecule has 0 heterocycles. The molecule has 14 heteroatoms. The first-order valence-corrected chi connectivity index (χ1v) is 4.00. The molecule has 0 spiro atoms. The fourth-order valence-electron chi connectivity index (χ4n) is 0.